The van der Waals surface area contributed by atoms with Crippen LogP contribution in [0.1, 0.15) is 66.5 Å². The third-order valence-electron chi connectivity index (χ3n) is 2.59. The zero-order valence-electron chi connectivity index (χ0n) is 11.2. The Balaban J connectivity index is 2.99. The second-order valence-corrected chi connectivity index (χ2v) is 5.15. The number of ether oxygens (including phenoxy) is 1. The van der Waals surface area contributed by atoms with Gasteiger partial charge in [0.05, 0.1) is 5.69 Å². The Bertz CT molecular complexity index is 384. The summed E-state index contributed by atoms with van der Waals surface area (Å²) in [5.41, 5.74) is 0.700. The number of carboxylic acid groups (broad SMARTS) is 1. The Morgan fingerprint density at radius 3 is 2.61 bits per heavy atom. The summed E-state index contributed by atoms with van der Waals surface area (Å²) < 4.78 is 5.65. The number of aromatic carboxylic acids is 1. The molecule has 5 heteroatoms. The standard InChI is InChI=1S/C13H21NO3S/c1-4-7-9-11(13(15)16)18-12(14-9)10(8-5-2)17-6-3/h10H,4-8H2,1-3H3,(H,15,16). The number of aryl methyl sites for hydroxylation is 1. The lowest BCUT2D eigenvalue weighted by molar-refractivity contribution is 0.0554. The lowest BCUT2D eigenvalue weighted by atomic mass is 10.2. The second kappa shape index (κ2) is 7.48. The van der Waals surface area contributed by atoms with Crippen LogP contribution in [0, 0.1) is 0 Å². The van der Waals surface area contributed by atoms with Gasteiger partial charge >= 0.3 is 5.97 Å². The fourth-order valence-corrected chi connectivity index (χ4v) is 2.86. The lowest BCUT2D eigenvalue weighted by Crippen LogP contribution is -2.03. The van der Waals surface area contributed by atoms with Gasteiger partial charge in [0.1, 0.15) is 16.0 Å². The van der Waals surface area contributed by atoms with Gasteiger partial charge in [0.25, 0.3) is 0 Å². The van der Waals surface area contributed by atoms with E-state index in [1.165, 1.54) is 11.3 Å². The van der Waals surface area contributed by atoms with Crippen LogP contribution in [-0.2, 0) is 11.2 Å². The van der Waals surface area contributed by atoms with Gasteiger partial charge < -0.3 is 9.84 Å². The maximum absolute atomic E-state index is 11.2. The highest BCUT2D eigenvalue weighted by Crippen LogP contribution is 2.30. The molecule has 1 aromatic rings. The minimum absolute atomic E-state index is 0.0614. The van der Waals surface area contributed by atoms with Crippen molar-refractivity contribution in [1.29, 1.82) is 0 Å². The summed E-state index contributed by atoms with van der Waals surface area (Å²) in [7, 11) is 0. The lowest BCUT2D eigenvalue weighted by Gasteiger charge is -2.12. The molecule has 1 aromatic heterocycles. The van der Waals surface area contributed by atoms with Crippen LogP contribution in [0.25, 0.3) is 0 Å². The van der Waals surface area contributed by atoms with Crippen LogP contribution in [-0.4, -0.2) is 22.7 Å². The van der Waals surface area contributed by atoms with Crippen LogP contribution in [0.4, 0.5) is 0 Å². The van der Waals surface area contributed by atoms with Gasteiger partial charge in [-0.15, -0.1) is 11.3 Å². The summed E-state index contributed by atoms with van der Waals surface area (Å²) in [6.07, 6.45) is 3.43. The highest BCUT2D eigenvalue weighted by atomic mass is 32.1. The number of hydrogen-bond acceptors (Lipinski definition) is 4. The van der Waals surface area contributed by atoms with E-state index in [0.29, 0.717) is 23.6 Å². The number of thiazole rings is 1. The molecule has 0 saturated carbocycles. The van der Waals surface area contributed by atoms with Gasteiger partial charge in [-0.2, -0.15) is 0 Å². The van der Waals surface area contributed by atoms with Crippen LogP contribution >= 0.6 is 11.3 Å². The molecule has 18 heavy (non-hydrogen) atoms. The van der Waals surface area contributed by atoms with Gasteiger partial charge in [0.2, 0.25) is 0 Å². The third kappa shape index (κ3) is 3.78. The van der Waals surface area contributed by atoms with E-state index in [0.717, 1.165) is 24.3 Å². The zero-order valence-corrected chi connectivity index (χ0v) is 12.0. The molecule has 1 heterocycles. The molecule has 0 spiro atoms. The Kier molecular flexibility index (Phi) is 6.29. The second-order valence-electron chi connectivity index (χ2n) is 4.12. The molecular weight excluding hydrogens is 250 g/mol. The number of rotatable bonds is 8. The van der Waals surface area contributed by atoms with E-state index in [4.69, 9.17) is 4.74 Å². The molecule has 0 aliphatic heterocycles. The summed E-state index contributed by atoms with van der Waals surface area (Å²) >= 11 is 1.26. The van der Waals surface area contributed by atoms with E-state index in [-0.39, 0.29) is 6.10 Å². The molecule has 1 N–H and O–H groups in total. The zero-order chi connectivity index (χ0) is 13.5. The molecule has 0 aromatic carbocycles. The first-order valence-corrected chi connectivity index (χ1v) is 7.30. The Labute approximate surface area is 112 Å². The minimum atomic E-state index is -0.881. The van der Waals surface area contributed by atoms with Crippen molar-refractivity contribution in [2.24, 2.45) is 0 Å². The summed E-state index contributed by atoms with van der Waals surface area (Å²) in [4.78, 5) is 16.0. The molecule has 102 valence electrons. The van der Waals surface area contributed by atoms with Crippen LogP contribution in [0.5, 0.6) is 0 Å². The van der Waals surface area contributed by atoms with Crippen molar-refractivity contribution in [1.82, 2.24) is 4.98 Å². The number of carboxylic acids is 1. The molecule has 0 saturated heterocycles. The van der Waals surface area contributed by atoms with Gasteiger partial charge in [-0.3, -0.25) is 0 Å². The van der Waals surface area contributed by atoms with Gasteiger partial charge in [-0.25, -0.2) is 9.78 Å². The smallest absolute Gasteiger partial charge is 0.347 e. The van der Waals surface area contributed by atoms with Gasteiger partial charge in [-0.05, 0) is 19.8 Å². The normalized spacial score (nSPS) is 12.6. The van der Waals surface area contributed by atoms with Gasteiger partial charge in [-0.1, -0.05) is 26.7 Å². The topological polar surface area (TPSA) is 59.4 Å². The predicted octanol–water partition coefficient (Wildman–Crippen LogP) is 3.67. The highest BCUT2D eigenvalue weighted by molar-refractivity contribution is 7.13. The first-order valence-electron chi connectivity index (χ1n) is 6.48. The monoisotopic (exact) mass is 271 g/mol. The summed E-state index contributed by atoms with van der Waals surface area (Å²) in [6.45, 7) is 6.68. The fourth-order valence-electron chi connectivity index (χ4n) is 1.82. The molecule has 1 rings (SSSR count). The van der Waals surface area contributed by atoms with E-state index in [1.54, 1.807) is 0 Å². The average molecular weight is 271 g/mol. The molecule has 1 atom stereocenters. The van der Waals surface area contributed by atoms with Crippen molar-refractivity contribution in [3.8, 4) is 0 Å². The van der Waals surface area contributed by atoms with Crippen LogP contribution in [0.3, 0.4) is 0 Å². The number of aromatic nitrogens is 1. The van der Waals surface area contributed by atoms with Gasteiger partial charge in [0.15, 0.2) is 0 Å². The fraction of sp³-hybridized carbons (Fsp3) is 0.692. The van der Waals surface area contributed by atoms with Gasteiger partial charge in [0, 0.05) is 6.61 Å². The third-order valence-corrected chi connectivity index (χ3v) is 3.77. The number of carbonyl (C=O) groups is 1. The molecule has 0 amide bonds. The maximum atomic E-state index is 11.2. The SMILES string of the molecule is CCCc1nc(C(CCC)OCC)sc1C(=O)O. The van der Waals surface area contributed by atoms with Crippen molar-refractivity contribution in [2.45, 2.75) is 52.6 Å². The van der Waals surface area contributed by atoms with Crippen molar-refractivity contribution in [2.75, 3.05) is 6.61 Å². The molecule has 0 aliphatic carbocycles. The van der Waals surface area contributed by atoms with Crippen LogP contribution < -0.4 is 0 Å². The largest absolute Gasteiger partial charge is 0.477 e. The quantitative estimate of drug-likeness (QED) is 0.783. The molecule has 0 bridgehead atoms. The van der Waals surface area contributed by atoms with E-state index in [1.807, 2.05) is 13.8 Å². The number of hydrogen-bond donors (Lipinski definition) is 1. The van der Waals surface area contributed by atoms with E-state index in [9.17, 15) is 9.90 Å². The van der Waals surface area contributed by atoms with Crippen molar-refractivity contribution >= 4 is 17.3 Å². The molecular formula is C13H21NO3S. The summed E-state index contributed by atoms with van der Waals surface area (Å²) in [5, 5.41) is 9.98. The van der Waals surface area contributed by atoms with Crippen LogP contribution in [0.15, 0.2) is 0 Å². The van der Waals surface area contributed by atoms with Crippen molar-refractivity contribution in [3.63, 3.8) is 0 Å². The predicted molar refractivity (Wildman–Crippen MR) is 72.3 cm³/mol. The van der Waals surface area contributed by atoms with Crippen molar-refractivity contribution in [3.05, 3.63) is 15.6 Å². The first-order chi connectivity index (χ1) is 8.63. The van der Waals surface area contributed by atoms with E-state index >= 15 is 0 Å². The molecule has 0 radical (unpaired) electrons. The molecule has 1 unspecified atom stereocenters. The van der Waals surface area contributed by atoms with Crippen molar-refractivity contribution < 1.29 is 14.6 Å². The first kappa shape index (κ1) is 15.1. The summed E-state index contributed by atoms with van der Waals surface area (Å²) in [6, 6.07) is 0. The summed E-state index contributed by atoms with van der Waals surface area (Å²) in [5.74, 6) is -0.881. The minimum Gasteiger partial charge on any atom is -0.477 e. The van der Waals surface area contributed by atoms with E-state index < -0.39 is 5.97 Å². The number of nitrogens with zero attached hydrogens (tertiary/aromatic N) is 1. The Morgan fingerprint density at radius 2 is 2.11 bits per heavy atom. The molecule has 4 nitrogen and oxygen atoms in total. The average Bonchev–Trinajstić information content (AvgIpc) is 2.73. The van der Waals surface area contributed by atoms with E-state index in [2.05, 4.69) is 11.9 Å². The Morgan fingerprint density at radius 1 is 1.39 bits per heavy atom. The maximum Gasteiger partial charge on any atom is 0.347 e. The molecule has 0 aliphatic rings. The van der Waals surface area contributed by atoms with Crippen LogP contribution in [0.2, 0.25) is 0 Å². The molecule has 0 fully saturated rings. The Hall–Kier alpha value is -0.940. The highest BCUT2D eigenvalue weighted by Gasteiger charge is 2.21.